The largest absolute Gasteiger partial charge is 0.493 e. The van der Waals surface area contributed by atoms with E-state index < -0.39 is 0 Å². The van der Waals surface area contributed by atoms with E-state index in [0.29, 0.717) is 0 Å². The number of unbranched alkanes of at least 4 members (excludes halogenated alkanes) is 1. The fourth-order valence-corrected chi connectivity index (χ4v) is 1.92. The van der Waals surface area contributed by atoms with Crippen molar-refractivity contribution in [3.05, 3.63) is 36.0 Å². The van der Waals surface area contributed by atoms with E-state index in [1.165, 1.54) is 0 Å². The fraction of sp³-hybridized carbons (Fsp3) is 0.357. The number of hydrogen-bond acceptors (Lipinski definition) is 2. The maximum absolute atomic E-state index is 10.1. The zero-order valence-corrected chi connectivity index (χ0v) is 10.3. The molecule has 1 heterocycles. The van der Waals surface area contributed by atoms with E-state index >= 15 is 0 Å². The first-order valence-corrected chi connectivity index (χ1v) is 6.04. The molecule has 0 unspecified atom stereocenters. The smallest absolute Gasteiger partial charge is 0.217 e. The van der Waals surface area contributed by atoms with E-state index in [1.807, 2.05) is 31.2 Å². The van der Waals surface area contributed by atoms with Gasteiger partial charge in [-0.2, -0.15) is 5.10 Å². The Bertz CT molecular complexity index is 503. The molecule has 17 heavy (non-hydrogen) atoms. The molecule has 2 rings (SSSR count). The molecule has 0 radical (unpaired) electrons. The number of aryl methyl sites for hydroxylation is 2. The third kappa shape index (κ3) is 2.33. The summed E-state index contributed by atoms with van der Waals surface area (Å²) < 4.78 is 1.67. The molecule has 1 aromatic carbocycles. The Morgan fingerprint density at radius 3 is 2.71 bits per heavy atom. The zero-order chi connectivity index (χ0) is 12.3. The lowest BCUT2D eigenvalue weighted by Gasteiger charge is -2.05. The van der Waals surface area contributed by atoms with Crippen molar-refractivity contribution in [3.8, 4) is 17.0 Å². The Labute approximate surface area is 102 Å². The number of rotatable bonds is 4. The van der Waals surface area contributed by atoms with Crippen LogP contribution < -0.4 is 0 Å². The normalized spacial score (nSPS) is 10.7. The maximum atomic E-state index is 10.1. The quantitative estimate of drug-likeness (QED) is 0.874. The molecule has 0 atom stereocenters. The number of hydrogen-bond donors (Lipinski definition) is 1. The van der Waals surface area contributed by atoms with Gasteiger partial charge >= 0.3 is 0 Å². The molecule has 0 aliphatic rings. The minimum absolute atomic E-state index is 0.271. The van der Waals surface area contributed by atoms with Crippen LogP contribution in [0.4, 0.5) is 0 Å². The third-order valence-corrected chi connectivity index (χ3v) is 2.97. The second kappa shape index (κ2) is 5.04. The molecule has 0 amide bonds. The maximum Gasteiger partial charge on any atom is 0.217 e. The van der Waals surface area contributed by atoms with Gasteiger partial charge in [0.05, 0.1) is 11.8 Å². The van der Waals surface area contributed by atoms with Crippen molar-refractivity contribution in [1.82, 2.24) is 9.78 Å². The standard InChI is InChI=1S/C14H18N2O/c1-3-4-9-16-14(17)13(10-15-16)12-8-6-5-7-11(12)2/h5-8,10,17H,3-4,9H2,1-2H3. The molecule has 1 N–H and O–H groups in total. The molecular weight excluding hydrogens is 212 g/mol. The van der Waals surface area contributed by atoms with Crippen molar-refractivity contribution in [3.63, 3.8) is 0 Å². The van der Waals surface area contributed by atoms with Crippen LogP contribution in [-0.4, -0.2) is 14.9 Å². The first kappa shape index (κ1) is 11.7. The summed E-state index contributed by atoms with van der Waals surface area (Å²) in [5.74, 6) is 0.271. The summed E-state index contributed by atoms with van der Waals surface area (Å²) in [7, 11) is 0. The van der Waals surface area contributed by atoms with Crippen LogP contribution in [-0.2, 0) is 6.54 Å². The SMILES string of the molecule is CCCCn1ncc(-c2ccccc2C)c1O. The van der Waals surface area contributed by atoms with E-state index in [0.717, 1.165) is 36.1 Å². The Morgan fingerprint density at radius 1 is 1.24 bits per heavy atom. The molecule has 3 nitrogen and oxygen atoms in total. The van der Waals surface area contributed by atoms with E-state index in [-0.39, 0.29) is 5.88 Å². The summed E-state index contributed by atoms with van der Waals surface area (Å²) in [6, 6.07) is 8.02. The first-order chi connectivity index (χ1) is 8.24. The Balaban J connectivity index is 2.34. The fourth-order valence-electron chi connectivity index (χ4n) is 1.92. The monoisotopic (exact) mass is 230 g/mol. The lowest BCUT2D eigenvalue weighted by Crippen LogP contribution is -1.98. The van der Waals surface area contributed by atoms with E-state index in [4.69, 9.17) is 0 Å². The van der Waals surface area contributed by atoms with Gasteiger partial charge in [0, 0.05) is 6.54 Å². The Morgan fingerprint density at radius 2 is 2.00 bits per heavy atom. The van der Waals surface area contributed by atoms with Gasteiger partial charge < -0.3 is 5.11 Å². The molecule has 2 aromatic rings. The lowest BCUT2D eigenvalue weighted by atomic mass is 10.0. The average molecular weight is 230 g/mol. The van der Waals surface area contributed by atoms with Gasteiger partial charge in [-0.15, -0.1) is 0 Å². The average Bonchev–Trinajstić information content (AvgIpc) is 2.69. The highest BCUT2D eigenvalue weighted by molar-refractivity contribution is 5.70. The predicted octanol–water partition coefficient (Wildman–Crippen LogP) is 3.36. The van der Waals surface area contributed by atoms with Crippen LogP contribution in [0.5, 0.6) is 5.88 Å². The second-order valence-electron chi connectivity index (χ2n) is 4.27. The molecule has 0 aliphatic heterocycles. The van der Waals surface area contributed by atoms with Gasteiger partial charge in [0.2, 0.25) is 5.88 Å². The summed E-state index contributed by atoms with van der Waals surface area (Å²) in [6.45, 7) is 4.94. The molecule has 3 heteroatoms. The van der Waals surface area contributed by atoms with Crippen LogP contribution in [0.15, 0.2) is 30.5 Å². The summed E-state index contributed by atoms with van der Waals surface area (Å²) in [5, 5.41) is 14.4. The highest BCUT2D eigenvalue weighted by Gasteiger charge is 2.12. The molecule has 0 saturated heterocycles. The molecule has 0 bridgehead atoms. The van der Waals surface area contributed by atoms with Gasteiger partial charge in [0.1, 0.15) is 0 Å². The highest BCUT2D eigenvalue weighted by Crippen LogP contribution is 2.31. The van der Waals surface area contributed by atoms with Crippen molar-refractivity contribution in [2.24, 2.45) is 0 Å². The van der Waals surface area contributed by atoms with Crippen LogP contribution in [0.25, 0.3) is 11.1 Å². The van der Waals surface area contributed by atoms with Crippen LogP contribution in [0, 0.1) is 6.92 Å². The van der Waals surface area contributed by atoms with Gasteiger partial charge in [-0.25, -0.2) is 4.68 Å². The minimum atomic E-state index is 0.271. The van der Waals surface area contributed by atoms with Crippen molar-refractivity contribution in [2.45, 2.75) is 33.2 Å². The van der Waals surface area contributed by atoms with Crippen molar-refractivity contribution in [2.75, 3.05) is 0 Å². The molecule has 1 aromatic heterocycles. The topological polar surface area (TPSA) is 38.0 Å². The number of aromatic hydroxyl groups is 1. The molecule has 0 saturated carbocycles. The summed E-state index contributed by atoms with van der Waals surface area (Å²) in [6.07, 6.45) is 3.87. The minimum Gasteiger partial charge on any atom is -0.493 e. The third-order valence-electron chi connectivity index (χ3n) is 2.97. The van der Waals surface area contributed by atoms with Gasteiger partial charge in [-0.05, 0) is 24.5 Å². The summed E-state index contributed by atoms with van der Waals surface area (Å²) in [4.78, 5) is 0. The molecule has 0 spiro atoms. The first-order valence-electron chi connectivity index (χ1n) is 6.04. The Kier molecular flexibility index (Phi) is 3.47. The number of nitrogens with zero attached hydrogens (tertiary/aromatic N) is 2. The summed E-state index contributed by atoms with van der Waals surface area (Å²) >= 11 is 0. The second-order valence-corrected chi connectivity index (χ2v) is 4.27. The van der Waals surface area contributed by atoms with Crippen molar-refractivity contribution in [1.29, 1.82) is 0 Å². The molecular formula is C14H18N2O. The molecule has 0 aliphatic carbocycles. The highest BCUT2D eigenvalue weighted by atomic mass is 16.3. The van der Waals surface area contributed by atoms with Crippen LogP contribution in [0.1, 0.15) is 25.3 Å². The van der Waals surface area contributed by atoms with E-state index in [9.17, 15) is 5.11 Å². The van der Waals surface area contributed by atoms with Crippen LogP contribution in [0.3, 0.4) is 0 Å². The van der Waals surface area contributed by atoms with Crippen molar-refractivity contribution < 1.29 is 5.11 Å². The van der Waals surface area contributed by atoms with E-state index in [1.54, 1.807) is 10.9 Å². The van der Waals surface area contributed by atoms with Gasteiger partial charge in [0.15, 0.2) is 0 Å². The zero-order valence-electron chi connectivity index (χ0n) is 10.3. The number of aromatic nitrogens is 2. The van der Waals surface area contributed by atoms with Crippen LogP contribution >= 0.6 is 0 Å². The Hall–Kier alpha value is -1.77. The summed E-state index contributed by atoms with van der Waals surface area (Å²) in [5.41, 5.74) is 3.02. The molecule has 90 valence electrons. The molecule has 0 fully saturated rings. The lowest BCUT2D eigenvalue weighted by molar-refractivity contribution is 0.395. The number of benzene rings is 1. The van der Waals surface area contributed by atoms with Gasteiger partial charge in [-0.1, -0.05) is 37.6 Å². The van der Waals surface area contributed by atoms with Crippen molar-refractivity contribution >= 4 is 0 Å². The van der Waals surface area contributed by atoms with E-state index in [2.05, 4.69) is 12.0 Å². The van der Waals surface area contributed by atoms with Gasteiger partial charge in [0.25, 0.3) is 0 Å². The van der Waals surface area contributed by atoms with Gasteiger partial charge in [-0.3, -0.25) is 0 Å². The van der Waals surface area contributed by atoms with Crippen LogP contribution in [0.2, 0.25) is 0 Å². The predicted molar refractivity (Wildman–Crippen MR) is 69.0 cm³/mol.